The molecule has 0 fully saturated rings. The van der Waals surface area contributed by atoms with E-state index in [0.29, 0.717) is 0 Å². The monoisotopic (exact) mass is 319 g/mol. The zero-order chi connectivity index (χ0) is 16.9. The molecule has 3 heteroatoms. The number of hydrogen-bond donors (Lipinski definition) is 2. The Morgan fingerprint density at radius 1 is 1.00 bits per heavy atom. The van der Waals surface area contributed by atoms with Crippen LogP contribution in [0, 0.1) is 0 Å². The number of nitrogens with one attached hydrogen (secondary N) is 1. The minimum Gasteiger partial charge on any atom is -0.394 e. The molecule has 23 heavy (non-hydrogen) atoms. The number of unbranched alkanes of at least 4 members (excludes halogenated alkanes) is 5. The lowest BCUT2D eigenvalue weighted by atomic mass is 10.0. The van der Waals surface area contributed by atoms with E-state index in [2.05, 4.69) is 36.5 Å². The summed E-state index contributed by atoms with van der Waals surface area (Å²) in [5.41, 5.74) is 2.67. The van der Waals surface area contributed by atoms with Gasteiger partial charge in [-0.2, -0.15) is 0 Å². The third-order valence-electron chi connectivity index (χ3n) is 4.25. The van der Waals surface area contributed by atoms with Crippen LogP contribution in [0.3, 0.4) is 0 Å². The number of aliphatic hydroxyl groups is 1. The van der Waals surface area contributed by atoms with Gasteiger partial charge in [0, 0.05) is 6.92 Å². The van der Waals surface area contributed by atoms with E-state index in [-0.39, 0.29) is 18.6 Å². The van der Waals surface area contributed by atoms with Crippen LogP contribution < -0.4 is 5.32 Å². The van der Waals surface area contributed by atoms with Crippen LogP contribution in [0.15, 0.2) is 24.3 Å². The Kier molecular flexibility index (Phi) is 10.4. The van der Waals surface area contributed by atoms with Crippen molar-refractivity contribution in [1.29, 1.82) is 0 Å². The van der Waals surface area contributed by atoms with Crippen molar-refractivity contribution in [2.24, 2.45) is 0 Å². The molecule has 1 atom stereocenters. The second-order valence-corrected chi connectivity index (χ2v) is 6.45. The minimum absolute atomic E-state index is 0.00427. The maximum absolute atomic E-state index is 11.0. The van der Waals surface area contributed by atoms with Gasteiger partial charge in [0.2, 0.25) is 5.91 Å². The number of amides is 1. The van der Waals surface area contributed by atoms with E-state index in [4.69, 9.17) is 0 Å². The van der Waals surface area contributed by atoms with Crippen LogP contribution in [-0.4, -0.2) is 23.7 Å². The Morgan fingerprint density at radius 2 is 1.57 bits per heavy atom. The zero-order valence-corrected chi connectivity index (χ0v) is 14.8. The first kappa shape index (κ1) is 19.7. The molecule has 0 spiro atoms. The average Bonchev–Trinajstić information content (AvgIpc) is 2.55. The highest BCUT2D eigenvalue weighted by Gasteiger charge is 2.08. The number of carbonyl (C=O) groups excluding carboxylic acids is 1. The van der Waals surface area contributed by atoms with Gasteiger partial charge in [0.1, 0.15) is 0 Å². The molecule has 0 radical (unpaired) electrons. The molecule has 3 nitrogen and oxygen atoms in total. The Hall–Kier alpha value is -1.35. The molecule has 0 bridgehead atoms. The quantitative estimate of drug-likeness (QED) is 0.572. The molecule has 1 amide bonds. The topological polar surface area (TPSA) is 49.3 Å². The first-order valence-corrected chi connectivity index (χ1v) is 9.11. The molecule has 130 valence electrons. The van der Waals surface area contributed by atoms with Gasteiger partial charge < -0.3 is 10.4 Å². The summed E-state index contributed by atoms with van der Waals surface area (Å²) in [5, 5.41) is 12.0. The standard InChI is InChI=1S/C20H33NO2/c1-3-4-5-6-7-8-9-18-10-12-19(13-11-18)14-15-20(16-22)21-17(2)23/h10-13,20,22H,3-9,14-16H2,1-2H3,(H,21,23). The normalized spacial score (nSPS) is 12.1. The minimum atomic E-state index is -0.143. The van der Waals surface area contributed by atoms with Gasteiger partial charge in [-0.1, -0.05) is 63.3 Å². The average molecular weight is 319 g/mol. The number of aryl methyl sites for hydroxylation is 2. The number of hydrogen-bond acceptors (Lipinski definition) is 2. The van der Waals surface area contributed by atoms with Crippen molar-refractivity contribution >= 4 is 5.91 Å². The van der Waals surface area contributed by atoms with Crippen LogP contribution in [0.25, 0.3) is 0 Å². The van der Waals surface area contributed by atoms with Crippen LogP contribution in [0.5, 0.6) is 0 Å². The third kappa shape index (κ3) is 9.39. The molecule has 0 aromatic heterocycles. The summed E-state index contributed by atoms with van der Waals surface area (Å²) < 4.78 is 0. The molecule has 1 aromatic carbocycles. The fourth-order valence-corrected chi connectivity index (χ4v) is 2.82. The molecule has 0 saturated carbocycles. The van der Waals surface area contributed by atoms with Crippen LogP contribution in [0.2, 0.25) is 0 Å². The molecule has 0 aliphatic rings. The Balaban J connectivity index is 2.26. The summed E-state index contributed by atoms with van der Waals surface area (Å²) in [6.45, 7) is 3.73. The molecule has 0 saturated heterocycles. The lowest BCUT2D eigenvalue weighted by Gasteiger charge is -2.15. The summed E-state index contributed by atoms with van der Waals surface area (Å²) >= 11 is 0. The second kappa shape index (κ2) is 12.1. The summed E-state index contributed by atoms with van der Waals surface area (Å²) in [7, 11) is 0. The van der Waals surface area contributed by atoms with E-state index < -0.39 is 0 Å². The van der Waals surface area contributed by atoms with Crippen LogP contribution in [-0.2, 0) is 17.6 Å². The third-order valence-corrected chi connectivity index (χ3v) is 4.25. The van der Waals surface area contributed by atoms with Gasteiger partial charge in [0.05, 0.1) is 12.6 Å². The Labute approximate surface area is 141 Å². The predicted octanol–water partition coefficient (Wildman–Crippen LogP) is 4.02. The second-order valence-electron chi connectivity index (χ2n) is 6.45. The smallest absolute Gasteiger partial charge is 0.217 e. The van der Waals surface area contributed by atoms with Gasteiger partial charge >= 0.3 is 0 Å². The molecule has 1 unspecified atom stereocenters. The van der Waals surface area contributed by atoms with Crippen molar-refractivity contribution in [2.45, 2.75) is 77.7 Å². The van der Waals surface area contributed by atoms with E-state index >= 15 is 0 Å². The van der Waals surface area contributed by atoms with Crippen LogP contribution >= 0.6 is 0 Å². The summed E-state index contributed by atoms with van der Waals surface area (Å²) in [6.07, 6.45) is 10.8. The van der Waals surface area contributed by atoms with E-state index in [1.54, 1.807) is 0 Å². The molecule has 2 N–H and O–H groups in total. The fourth-order valence-electron chi connectivity index (χ4n) is 2.82. The van der Waals surface area contributed by atoms with Gasteiger partial charge in [-0.3, -0.25) is 4.79 Å². The maximum Gasteiger partial charge on any atom is 0.217 e. The molecular weight excluding hydrogens is 286 g/mol. The fraction of sp³-hybridized carbons (Fsp3) is 0.650. The Bertz CT molecular complexity index is 428. The number of carbonyl (C=O) groups is 1. The van der Waals surface area contributed by atoms with Gasteiger partial charge in [-0.05, 0) is 36.8 Å². The largest absolute Gasteiger partial charge is 0.394 e. The molecular formula is C20H33NO2. The van der Waals surface area contributed by atoms with Crippen molar-refractivity contribution < 1.29 is 9.90 Å². The maximum atomic E-state index is 11.0. The highest BCUT2D eigenvalue weighted by Crippen LogP contribution is 2.12. The van der Waals surface area contributed by atoms with Crippen molar-refractivity contribution in [3.05, 3.63) is 35.4 Å². The van der Waals surface area contributed by atoms with Crippen molar-refractivity contribution in [2.75, 3.05) is 6.61 Å². The highest BCUT2D eigenvalue weighted by molar-refractivity contribution is 5.73. The van der Waals surface area contributed by atoms with E-state index in [0.717, 1.165) is 19.3 Å². The van der Waals surface area contributed by atoms with Crippen molar-refractivity contribution in [3.63, 3.8) is 0 Å². The SMILES string of the molecule is CCCCCCCCc1ccc(CCC(CO)NC(C)=O)cc1. The first-order valence-electron chi connectivity index (χ1n) is 9.11. The predicted molar refractivity (Wildman–Crippen MR) is 96.5 cm³/mol. The van der Waals surface area contributed by atoms with Crippen LogP contribution in [0.4, 0.5) is 0 Å². The number of benzene rings is 1. The molecule has 1 rings (SSSR count). The first-order chi connectivity index (χ1) is 11.2. The number of rotatable bonds is 12. The molecule has 0 aliphatic carbocycles. The summed E-state index contributed by atoms with van der Waals surface area (Å²) in [5.74, 6) is -0.0849. The highest BCUT2D eigenvalue weighted by atomic mass is 16.3. The molecule has 1 aromatic rings. The van der Waals surface area contributed by atoms with Crippen LogP contribution in [0.1, 0.15) is 69.9 Å². The van der Waals surface area contributed by atoms with E-state index in [1.165, 1.54) is 56.6 Å². The van der Waals surface area contributed by atoms with Crippen molar-refractivity contribution in [3.8, 4) is 0 Å². The van der Waals surface area contributed by atoms with Gasteiger partial charge in [0.25, 0.3) is 0 Å². The molecule has 0 aliphatic heterocycles. The van der Waals surface area contributed by atoms with E-state index in [9.17, 15) is 9.90 Å². The van der Waals surface area contributed by atoms with Gasteiger partial charge in [0.15, 0.2) is 0 Å². The zero-order valence-electron chi connectivity index (χ0n) is 14.8. The summed E-state index contributed by atoms with van der Waals surface area (Å²) in [6, 6.07) is 8.64. The molecule has 0 heterocycles. The summed E-state index contributed by atoms with van der Waals surface area (Å²) in [4.78, 5) is 11.0. The lowest BCUT2D eigenvalue weighted by molar-refractivity contribution is -0.120. The number of aliphatic hydroxyl groups excluding tert-OH is 1. The van der Waals surface area contributed by atoms with Gasteiger partial charge in [-0.15, -0.1) is 0 Å². The van der Waals surface area contributed by atoms with Crippen molar-refractivity contribution in [1.82, 2.24) is 5.32 Å². The lowest BCUT2D eigenvalue weighted by Crippen LogP contribution is -2.36. The van der Waals surface area contributed by atoms with E-state index in [1.807, 2.05) is 0 Å². The van der Waals surface area contributed by atoms with Gasteiger partial charge in [-0.25, -0.2) is 0 Å². The Morgan fingerprint density at radius 3 is 2.13 bits per heavy atom.